The zero-order valence-corrected chi connectivity index (χ0v) is 23.7. The first-order valence-electron chi connectivity index (χ1n) is 13.9. The summed E-state index contributed by atoms with van der Waals surface area (Å²) >= 11 is 1.90. The van der Waals surface area contributed by atoms with Gasteiger partial charge in [0, 0.05) is 55.5 Å². The summed E-state index contributed by atoms with van der Waals surface area (Å²) in [6.07, 6.45) is 6.88. The molecular formula is C27H41N5O7S. The van der Waals surface area contributed by atoms with Crippen LogP contribution >= 0.6 is 11.8 Å². The van der Waals surface area contributed by atoms with Crippen LogP contribution < -0.4 is 21.3 Å². The quantitative estimate of drug-likeness (QED) is 0.0957. The number of nitrogens with one attached hydrogen (secondary N) is 4. The van der Waals surface area contributed by atoms with E-state index in [1.807, 2.05) is 11.8 Å². The van der Waals surface area contributed by atoms with Gasteiger partial charge in [0.25, 0.3) is 5.91 Å². The minimum Gasteiger partial charge on any atom is -0.379 e. The van der Waals surface area contributed by atoms with Crippen LogP contribution in [-0.4, -0.2) is 105 Å². The Morgan fingerprint density at radius 1 is 0.975 bits per heavy atom. The van der Waals surface area contributed by atoms with E-state index >= 15 is 0 Å². The van der Waals surface area contributed by atoms with Gasteiger partial charge < -0.3 is 35.5 Å². The first-order valence-corrected chi connectivity index (χ1v) is 15.0. The van der Waals surface area contributed by atoms with E-state index in [-0.39, 0.29) is 35.6 Å². The fraction of sp³-hybridized carbons (Fsp3) is 0.667. The number of hydrogen-bond acceptors (Lipinski definition) is 9. The highest BCUT2D eigenvalue weighted by Crippen LogP contribution is 2.33. The molecule has 2 saturated heterocycles. The highest BCUT2D eigenvalue weighted by Gasteiger charge is 2.42. The number of rotatable bonds is 21. The van der Waals surface area contributed by atoms with E-state index in [2.05, 4.69) is 26.3 Å². The third-order valence-electron chi connectivity index (χ3n) is 6.52. The minimum atomic E-state index is -0.322. The molecule has 4 N–H and O–H groups in total. The lowest BCUT2D eigenvalue weighted by atomic mass is 10.0. The molecule has 2 aliphatic rings. The Morgan fingerprint density at radius 2 is 1.68 bits per heavy atom. The van der Waals surface area contributed by atoms with Crippen LogP contribution in [0.1, 0.15) is 59.4 Å². The lowest BCUT2D eigenvalue weighted by Crippen LogP contribution is -2.36. The summed E-state index contributed by atoms with van der Waals surface area (Å²) in [6.45, 7) is 3.96. The van der Waals surface area contributed by atoms with Gasteiger partial charge in [-0.2, -0.15) is 11.8 Å². The third-order valence-corrected chi connectivity index (χ3v) is 8.02. The number of hydrogen-bond donors (Lipinski definition) is 4. The average molecular weight is 580 g/mol. The van der Waals surface area contributed by atoms with Crippen LogP contribution in [0, 0.1) is 0 Å². The summed E-state index contributed by atoms with van der Waals surface area (Å²) in [7, 11) is 0. The van der Waals surface area contributed by atoms with Crippen molar-refractivity contribution in [1.29, 1.82) is 0 Å². The van der Waals surface area contributed by atoms with Crippen LogP contribution in [0.3, 0.4) is 0 Å². The lowest BCUT2D eigenvalue weighted by Gasteiger charge is -2.16. The summed E-state index contributed by atoms with van der Waals surface area (Å²) in [5, 5.41) is 12.1. The van der Waals surface area contributed by atoms with Crippen molar-refractivity contribution in [2.75, 3.05) is 58.5 Å². The van der Waals surface area contributed by atoms with Gasteiger partial charge in [-0.15, -0.1) is 0 Å². The van der Waals surface area contributed by atoms with Gasteiger partial charge >= 0.3 is 6.03 Å². The topological polar surface area (TPSA) is 157 Å². The van der Waals surface area contributed by atoms with Crippen LogP contribution in [0.25, 0.3) is 0 Å². The van der Waals surface area contributed by atoms with E-state index in [4.69, 9.17) is 14.2 Å². The molecule has 4 amide bonds. The summed E-state index contributed by atoms with van der Waals surface area (Å²) in [5.41, 5.74) is 0.624. The number of thioether (sulfide) groups is 1. The zero-order valence-electron chi connectivity index (χ0n) is 22.9. The Labute approximate surface area is 239 Å². The molecule has 0 aliphatic carbocycles. The van der Waals surface area contributed by atoms with Crippen molar-refractivity contribution in [3.63, 3.8) is 0 Å². The molecule has 2 aliphatic heterocycles. The molecule has 0 spiro atoms. The van der Waals surface area contributed by atoms with E-state index in [0.717, 1.165) is 31.4 Å². The van der Waals surface area contributed by atoms with Crippen molar-refractivity contribution < 1.29 is 33.4 Å². The summed E-state index contributed by atoms with van der Waals surface area (Å²) < 4.78 is 16.5. The predicted octanol–water partition coefficient (Wildman–Crippen LogP) is 1.30. The lowest BCUT2D eigenvalue weighted by molar-refractivity contribution is -0.121. The number of urea groups is 1. The number of ether oxygens (including phenoxy) is 3. The summed E-state index contributed by atoms with van der Waals surface area (Å²) in [4.78, 5) is 50.2. The normalized spacial score (nSPS) is 19.5. The molecule has 1 aromatic heterocycles. The molecule has 12 nitrogen and oxygen atoms in total. The number of aromatic nitrogens is 1. The largest absolute Gasteiger partial charge is 0.379 e. The smallest absolute Gasteiger partial charge is 0.315 e. The van der Waals surface area contributed by atoms with E-state index in [1.54, 1.807) is 6.07 Å². The van der Waals surface area contributed by atoms with Crippen molar-refractivity contribution in [2.45, 2.75) is 55.9 Å². The van der Waals surface area contributed by atoms with Gasteiger partial charge in [-0.3, -0.25) is 19.4 Å². The maximum atomic E-state index is 12.0. The second-order valence-corrected chi connectivity index (χ2v) is 10.9. The molecule has 13 heteroatoms. The van der Waals surface area contributed by atoms with E-state index in [9.17, 15) is 19.2 Å². The molecule has 2 fully saturated rings. The Balaban J connectivity index is 1.02. The second-order valence-electron chi connectivity index (χ2n) is 9.61. The number of aldehydes is 1. The number of carbonyl (C=O) groups excluding carboxylic acids is 4. The Kier molecular flexibility index (Phi) is 14.8. The Morgan fingerprint density at radius 3 is 2.40 bits per heavy atom. The van der Waals surface area contributed by atoms with Gasteiger partial charge in [-0.05, 0) is 37.8 Å². The van der Waals surface area contributed by atoms with E-state index in [0.29, 0.717) is 82.7 Å². The van der Waals surface area contributed by atoms with E-state index < -0.39 is 0 Å². The van der Waals surface area contributed by atoms with Crippen LogP contribution in [0.4, 0.5) is 4.79 Å². The SMILES string of the molecule is O=Cc1ccnc(C(=O)NCCCOCCOCCOCCCNC(=O)CCCCC2SCC3NC(=O)NC32)c1. The van der Waals surface area contributed by atoms with Gasteiger partial charge in [-0.25, -0.2) is 4.79 Å². The van der Waals surface area contributed by atoms with Crippen LogP contribution in [0.2, 0.25) is 0 Å². The Bertz CT molecular complexity index is 954. The van der Waals surface area contributed by atoms with Crippen LogP contribution in [0.5, 0.6) is 0 Å². The number of fused-ring (bicyclic) bond motifs is 1. The molecule has 3 atom stereocenters. The van der Waals surface area contributed by atoms with Crippen LogP contribution in [0.15, 0.2) is 18.3 Å². The van der Waals surface area contributed by atoms with Crippen LogP contribution in [-0.2, 0) is 19.0 Å². The highest BCUT2D eigenvalue weighted by molar-refractivity contribution is 8.00. The van der Waals surface area contributed by atoms with Crippen molar-refractivity contribution in [1.82, 2.24) is 26.3 Å². The summed E-state index contributed by atoms with van der Waals surface area (Å²) in [6, 6.07) is 3.40. The monoisotopic (exact) mass is 579 g/mol. The van der Waals surface area contributed by atoms with Crippen molar-refractivity contribution in [3.8, 4) is 0 Å². The van der Waals surface area contributed by atoms with Crippen molar-refractivity contribution in [3.05, 3.63) is 29.6 Å². The standard InChI is InChI=1S/C27H41N5O7S/c33-18-20-7-10-28-21(17-20)26(35)30-9-4-12-38-14-16-39-15-13-37-11-3-8-29-24(34)6-2-1-5-23-25-22(19-40-23)31-27(36)32-25/h7,10,17-18,22-23,25H,1-6,8-9,11-16,19H2,(H,29,34)(H,30,35)(H2,31,32,36). The second kappa shape index (κ2) is 18.6. The van der Waals surface area contributed by atoms with Gasteiger partial charge in [0.15, 0.2) is 0 Å². The van der Waals surface area contributed by atoms with Crippen molar-refractivity contribution >= 4 is 35.9 Å². The molecular weight excluding hydrogens is 538 g/mol. The molecule has 222 valence electrons. The molecule has 0 bridgehead atoms. The molecule has 3 unspecified atom stereocenters. The fourth-order valence-electron chi connectivity index (χ4n) is 4.42. The number of amides is 4. The number of nitrogens with zero attached hydrogens (tertiary/aromatic N) is 1. The highest BCUT2D eigenvalue weighted by atomic mass is 32.2. The third kappa shape index (κ3) is 11.8. The van der Waals surface area contributed by atoms with Crippen molar-refractivity contribution in [2.24, 2.45) is 0 Å². The van der Waals surface area contributed by atoms with E-state index in [1.165, 1.54) is 12.3 Å². The molecule has 0 saturated carbocycles. The number of carbonyl (C=O) groups is 4. The zero-order chi connectivity index (χ0) is 28.4. The molecule has 1 aromatic rings. The van der Waals surface area contributed by atoms with Gasteiger partial charge in [0.1, 0.15) is 12.0 Å². The first kappa shape index (κ1) is 31.8. The Hall–Kier alpha value is -2.74. The first-order chi connectivity index (χ1) is 19.6. The van der Waals surface area contributed by atoms with Gasteiger partial charge in [0.2, 0.25) is 5.91 Å². The fourth-order valence-corrected chi connectivity index (χ4v) is 5.96. The maximum Gasteiger partial charge on any atom is 0.315 e. The molecule has 3 rings (SSSR count). The number of pyridine rings is 1. The predicted molar refractivity (Wildman–Crippen MR) is 151 cm³/mol. The molecule has 0 aromatic carbocycles. The minimum absolute atomic E-state index is 0.0612. The summed E-state index contributed by atoms with van der Waals surface area (Å²) in [5.74, 6) is 0.708. The molecule has 3 heterocycles. The average Bonchev–Trinajstić information content (AvgIpc) is 3.52. The molecule has 40 heavy (non-hydrogen) atoms. The van der Waals surface area contributed by atoms with Gasteiger partial charge in [-0.1, -0.05) is 6.42 Å². The van der Waals surface area contributed by atoms with Gasteiger partial charge in [0.05, 0.1) is 38.5 Å². The molecule has 0 radical (unpaired) electrons. The maximum absolute atomic E-state index is 12.0. The number of unbranched alkanes of at least 4 members (excludes halogenated alkanes) is 1.